The van der Waals surface area contributed by atoms with Crippen LogP contribution >= 0.6 is 11.6 Å². The first-order valence-corrected chi connectivity index (χ1v) is 5.91. The normalized spacial score (nSPS) is 10.6. The van der Waals surface area contributed by atoms with Crippen LogP contribution in [-0.4, -0.2) is 17.3 Å². The summed E-state index contributed by atoms with van der Waals surface area (Å²) in [6, 6.07) is 13.6. The standard InChI is InChI=1S/C14H11ClN2O2/c15-12-5-1-10(2-6-12)9-16-17-13-7-3-11(4-8-13)14(18)19/h1-9,17H,(H,18,19)/b16-9+. The van der Waals surface area contributed by atoms with Crippen LogP contribution in [0.3, 0.4) is 0 Å². The molecule has 0 fully saturated rings. The second kappa shape index (κ2) is 6.02. The van der Waals surface area contributed by atoms with E-state index in [1.807, 2.05) is 12.1 Å². The van der Waals surface area contributed by atoms with Crippen LogP contribution in [0.25, 0.3) is 0 Å². The molecule has 2 N–H and O–H groups in total. The highest BCUT2D eigenvalue weighted by Gasteiger charge is 2.00. The fraction of sp³-hybridized carbons (Fsp3) is 0. The van der Waals surface area contributed by atoms with E-state index >= 15 is 0 Å². The molecular weight excluding hydrogens is 264 g/mol. The summed E-state index contributed by atoms with van der Waals surface area (Å²) in [5, 5.41) is 13.5. The van der Waals surface area contributed by atoms with E-state index in [2.05, 4.69) is 10.5 Å². The van der Waals surface area contributed by atoms with E-state index in [0.717, 1.165) is 11.3 Å². The second-order valence-corrected chi connectivity index (χ2v) is 4.24. The molecule has 0 radical (unpaired) electrons. The van der Waals surface area contributed by atoms with E-state index in [9.17, 15) is 4.79 Å². The Hall–Kier alpha value is -2.33. The van der Waals surface area contributed by atoms with Gasteiger partial charge >= 0.3 is 5.97 Å². The molecule has 0 bridgehead atoms. The third-order valence-corrected chi connectivity index (χ3v) is 2.66. The highest BCUT2D eigenvalue weighted by atomic mass is 35.5. The summed E-state index contributed by atoms with van der Waals surface area (Å²) in [7, 11) is 0. The summed E-state index contributed by atoms with van der Waals surface area (Å²) < 4.78 is 0. The predicted octanol–water partition coefficient (Wildman–Crippen LogP) is 3.48. The van der Waals surface area contributed by atoms with Gasteiger partial charge in [0.15, 0.2) is 0 Å². The first kappa shape index (κ1) is 13.1. The largest absolute Gasteiger partial charge is 0.478 e. The Bertz CT molecular complexity index is 592. The molecular formula is C14H11ClN2O2. The number of nitrogens with one attached hydrogen (secondary N) is 1. The van der Waals surface area contributed by atoms with Crippen LogP contribution in [0.2, 0.25) is 5.02 Å². The van der Waals surface area contributed by atoms with Gasteiger partial charge in [-0.05, 0) is 42.0 Å². The van der Waals surface area contributed by atoms with Gasteiger partial charge in [0.1, 0.15) is 0 Å². The Morgan fingerprint density at radius 1 is 1.11 bits per heavy atom. The van der Waals surface area contributed by atoms with Crippen LogP contribution in [-0.2, 0) is 0 Å². The molecule has 5 heteroatoms. The summed E-state index contributed by atoms with van der Waals surface area (Å²) in [4.78, 5) is 10.7. The maximum atomic E-state index is 10.7. The maximum Gasteiger partial charge on any atom is 0.335 e. The first-order valence-electron chi connectivity index (χ1n) is 5.53. The van der Waals surface area contributed by atoms with Crippen molar-refractivity contribution < 1.29 is 9.90 Å². The van der Waals surface area contributed by atoms with Crippen molar-refractivity contribution in [1.82, 2.24) is 0 Å². The van der Waals surface area contributed by atoms with Crippen molar-refractivity contribution in [2.24, 2.45) is 5.10 Å². The van der Waals surface area contributed by atoms with Gasteiger partial charge in [-0.25, -0.2) is 4.79 Å². The Morgan fingerprint density at radius 3 is 2.32 bits per heavy atom. The number of benzene rings is 2. The topological polar surface area (TPSA) is 61.7 Å². The number of halogens is 1. The van der Waals surface area contributed by atoms with Gasteiger partial charge in [-0.1, -0.05) is 23.7 Å². The number of hydrazone groups is 1. The molecule has 19 heavy (non-hydrogen) atoms. The molecule has 0 aliphatic heterocycles. The molecule has 0 atom stereocenters. The van der Waals surface area contributed by atoms with E-state index < -0.39 is 5.97 Å². The number of carbonyl (C=O) groups is 1. The zero-order valence-electron chi connectivity index (χ0n) is 9.88. The molecule has 96 valence electrons. The molecule has 2 aromatic carbocycles. The first-order chi connectivity index (χ1) is 9.15. The van der Waals surface area contributed by atoms with Crippen molar-refractivity contribution in [3.63, 3.8) is 0 Å². The number of rotatable bonds is 4. The Labute approximate surface area is 115 Å². The van der Waals surface area contributed by atoms with Gasteiger partial charge in [0.25, 0.3) is 0 Å². The van der Waals surface area contributed by atoms with E-state index in [-0.39, 0.29) is 5.56 Å². The highest BCUT2D eigenvalue weighted by Crippen LogP contribution is 2.10. The molecule has 0 heterocycles. The van der Waals surface area contributed by atoms with Crippen molar-refractivity contribution >= 4 is 29.5 Å². The SMILES string of the molecule is O=C(O)c1ccc(N/N=C/c2ccc(Cl)cc2)cc1. The monoisotopic (exact) mass is 274 g/mol. The third-order valence-electron chi connectivity index (χ3n) is 2.41. The summed E-state index contributed by atoms with van der Waals surface area (Å²) in [5.41, 5.74) is 4.69. The average molecular weight is 275 g/mol. The molecule has 0 unspecified atom stereocenters. The maximum absolute atomic E-state index is 10.7. The Kier molecular flexibility index (Phi) is 4.15. The fourth-order valence-electron chi connectivity index (χ4n) is 1.42. The lowest BCUT2D eigenvalue weighted by molar-refractivity contribution is 0.0697. The fourth-order valence-corrected chi connectivity index (χ4v) is 1.54. The summed E-state index contributed by atoms with van der Waals surface area (Å²) >= 11 is 5.77. The van der Waals surface area contributed by atoms with Gasteiger partial charge in [-0.15, -0.1) is 0 Å². The van der Waals surface area contributed by atoms with Crippen LogP contribution in [0.1, 0.15) is 15.9 Å². The van der Waals surface area contributed by atoms with Crippen molar-refractivity contribution in [1.29, 1.82) is 0 Å². The number of carboxylic acid groups (broad SMARTS) is 1. The molecule has 0 saturated heterocycles. The molecule has 0 spiro atoms. The van der Waals surface area contributed by atoms with E-state index in [1.165, 1.54) is 12.1 Å². The molecule has 0 amide bonds. The molecule has 0 aromatic heterocycles. The quantitative estimate of drug-likeness (QED) is 0.663. The average Bonchev–Trinajstić information content (AvgIpc) is 2.41. The van der Waals surface area contributed by atoms with Crippen LogP contribution in [0, 0.1) is 0 Å². The van der Waals surface area contributed by atoms with E-state index in [4.69, 9.17) is 16.7 Å². The minimum Gasteiger partial charge on any atom is -0.478 e. The lowest BCUT2D eigenvalue weighted by Gasteiger charge is -2.00. The number of hydrogen-bond donors (Lipinski definition) is 2. The number of carboxylic acids is 1. The number of aromatic carboxylic acids is 1. The van der Waals surface area contributed by atoms with Crippen molar-refractivity contribution in [3.05, 3.63) is 64.7 Å². The molecule has 0 saturated carbocycles. The van der Waals surface area contributed by atoms with Gasteiger partial charge in [-0.3, -0.25) is 5.43 Å². The summed E-state index contributed by atoms with van der Waals surface area (Å²) in [5.74, 6) is -0.948. The van der Waals surface area contributed by atoms with Gasteiger partial charge in [0.05, 0.1) is 17.5 Å². The van der Waals surface area contributed by atoms with Crippen molar-refractivity contribution in [2.75, 3.05) is 5.43 Å². The predicted molar refractivity (Wildman–Crippen MR) is 76.1 cm³/mol. The van der Waals surface area contributed by atoms with Crippen molar-refractivity contribution in [2.45, 2.75) is 0 Å². The van der Waals surface area contributed by atoms with Gasteiger partial charge < -0.3 is 5.11 Å². The smallest absolute Gasteiger partial charge is 0.335 e. The molecule has 2 rings (SSSR count). The van der Waals surface area contributed by atoms with Gasteiger partial charge in [-0.2, -0.15) is 5.10 Å². The molecule has 0 aliphatic carbocycles. The van der Waals surface area contributed by atoms with Crippen LogP contribution in [0.5, 0.6) is 0 Å². The highest BCUT2D eigenvalue weighted by molar-refractivity contribution is 6.30. The number of anilines is 1. The van der Waals surface area contributed by atoms with Crippen molar-refractivity contribution in [3.8, 4) is 0 Å². The Balaban J connectivity index is 1.98. The molecule has 2 aromatic rings. The minimum absolute atomic E-state index is 0.243. The molecule has 4 nitrogen and oxygen atoms in total. The Morgan fingerprint density at radius 2 is 1.74 bits per heavy atom. The number of hydrogen-bond acceptors (Lipinski definition) is 3. The van der Waals surface area contributed by atoms with Crippen LogP contribution < -0.4 is 5.43 Å². The number of nitrogens with zero attached hydrogens (tertiary/aromatic N) is 1. The third kappa shape index (κ3) is 3.82. The lowest BCUT2D eigenvalue weighted by atomic mass is 10.2. The summed E-state index contributed by atoms with van der Waals surface area (Å²) in [6.45, 7) is 0. The van der Waals surface area contributed by atoms with E-state index in [1.54, 1.807) is 30.5 Å². The van der Waals surface area contributed by atoms with Crippen LogP contribution in [0.4, 0.5) is 5.69 Å². The lowest BCUT2D eigenvalue weighted by Crippen LogP contribution is -1.96. The minimum atomic E-state index is -0.948. The second-order valence-electron chi connectivity index (χ2n) is 3.80. The molecule has 0 aliphatic rings. The van der Waals surface area contributed by atoms with Gasteiger partial charge in [0, 0.05) is 5.02 Å². The zero-order chi connectivity index (χ0) is 13.7. The van der Waals surface area contributed by atoms with E-state index in [0.29, 0.717) is 5.02 Å². The summed E-state index contributed by atoms with van der Waals surface area (Å²) in [6.07, 6.45) is 1.65. The van der Waals surface area contributed by atoms with Crippen LogP contribution in [0.15, 0.2) is 53.6 Å². The van der Waals surface area contributed by atoms with Gasteiger partial charge in [0.2, 0.25) is 0 Å². The zero-order valence-corrected chi connectivity index (χ0v) is 10.6.